The van der Waals surface area contributed by atoms with E-state index in [1.807, 2.05) is 0 Å². The summed E-state index contributed by atoms with van der Waals surface area (Å²) in [6.45, 7) is 0.0224. The van der Waals surface area contributed by atoms with Crippen molar-refractivity contribution in [2.75, 3.05) is 5.32 Å². The summed E-state index contributed by atoms with van der Waals surface area (Å²) < 4.78 is 13.5. The maximum Gasteiger partial charge on any atom is 0.276 e. The van der Waals surface area contributed by atoms with Crippen molar-refractivity contribution < 1.29 is 19.2 Å². The lowest BCUT2D eigenvalue weighted by molar-refractivity contribution is -0.384. The van der Waals surface area contributed by atoms with Crippen molar-refractivity contribution in [2.24, 2.45) is 0 Å². The van der Waals surface area contributed by atoms with Crippen LogP contribution in [0.2, 0.25) is 5.02 Å². The normalized spacial score (nSPS) is 10.5. The van der Waals surface area contributed by atoms with Crippen LogP contribution in [0, 0.1) is 10.1 Å². The third-order valence-corrected chi connectivity index (χ3v) is 5.14. The van der Waals surface area contributed by atoms with Crippen molar-refractivity contribution in [3.63, 3.8) is 0 Å². The number of amides is 1. The summed E-state index contributed by atoms with van der Waals surface area (Å²) >= 11 is 9.45. The highest BCUT2D eigenvalue weighted by atomic mass is 79.9. The first-order valence-electron chi connectivity index (χ1n) is 9.67. The standard InChI is InChI=1S/C22H15BrClN5O5/c23-14-3-4-21(19(24)8-14)33-13-28-7-5-20(27-28)22(30)26-15-9-16(29(31)32)11-18(10-15)34-17-2-1-6-25-12-17/h1-12H,13H2,(H,26,30). The third kappa shape index (κ3) is 5.88. The second kappa shape index (κ2) is 10.3. The monoisotopic (exact) mass is 543 g/mol. The molecule has 12 heteroatoms. The second-order valence-corrected chi connectivity index (χ2v) is 8.13. The van der Waals surface area contributed by atoms with E-state index in [1.165, 1.54) is 35.1 Å². The van der Waals surface area contributed by atoms with Crippen LogP contribution in [-0.2, 0) is 6.73 Å². The molecule has 172 valence electrons. The zero-order chi connectivity index (χ0) is 24.1. The Morgan fingerprint density at radius 3 is 2.76 bits per heavy atom. The number of hydrogen-bond donors (Lipinski definition) is 1. The molecule has 34 heavy (non-hydrogen) atoms. The summed E-state index contributed by atoms with van der Waals surface area (Å²) in [5.41, 5.74) is 0.0132. The highest BCUT2D eigenvalue weighted by molar-refractivity contribution is 9.10. The van der Waals surface area contributed by atoms with E-state index in [4.69, 9.17) is 21.1 Å². The van der Waals surface area contributed by atoms with E-state index in [0.29, 0.717) is 16.5 Å². The minimum atomic E-state index is -0.578. The van der Waals surface area contributed by atoms with Gasteiger partial charge >= 0.3 is 0 Å². The van der Waals surface area contributed by atoms with E-state index >= 15 is 0 Å². The van der Waals surface area contributed by atoms with Crippen molar-refractivity contribution in [1.29, 1.82) is 0 Å². The number of non-ortho nitro benzene ring substituents is 1. The lowest BCUT2D eigenvalue weighted by Gasteiger charge is -2.09. The molecule has 0 saturated heterocycles. The zero-order valence-corrected chi connectivity index (χ0v) is 19.6. The average Bonchev–Trinajstić information content (AvgIpc) is 3.28. The number of rotatable bonds is 8. The number of halogens is 2. The number of nitro groups is 1. The average molecular weight is 545 g/mol. The van der Waals surface area contributed by atoms with Gasteiger partial charge in [0.1, 0.15) is 17.2 Å². The Morgan fingerprint density at radius 2 is 2.03 bits per heavy atom. The van der Waals surface area contributed by atoms with Crippen LogP contribution >= 0.6 is 27.5 Å². The largest absolute Gasteiger partial charge is 0.470 e. The van der Waals surface area contributed by atoms with Gasteiger partial charge in [-0.25, -0.2) is 4.68 Å². The van der Waals surface area contributed by atoms with Gasteiger partial charge in [0.2, 0.25) is 0 Å². The molecular weight excluding hydrogens is 530 g/mol. The van der Waals surface area contributed by atoms with Crippen LogP contribution < -0.4 is 14.8 Å². The number of aromatic nitrogens is 3. The van der Waals surface area contributed by atoms with Crippen LogP contribution in [-0.4, -0.2) is 25.6 Å². The molecule has 0 aliphatic heterocycles. The maximum absolute atomic E-state index is 12.7. The summed E-state index contributed by atoms with van der Waals surface area (Å²) in [6.07, 6.45) is 4.60. The first-order valence-corrected chi connectivity index (χ1v) is 10.8. The van der Waals surface area contributed by atoms with Crippen LogP contribution in [0.5, 0.6) is 17.2 Å². The molecule has 0 fully saturated rings. The molecule has 0 aliphatic carbocycles. The Labute approximate surface area is 206 Å². The number of nitrogens with zero attached hydrogens (tertiary/aromatic N) is 4. The van der Waals surface area contributed by atoms with Crippen LogP contribution in [0.3, 0.4) is 0 Å². The summed E-state index contributed by atoms with van der Waals surface area (Å²) in [5, 5.41) is 18.5. The molecule has 0 saturated carbocycles. The van der Waals surface area contributed by atoms with Crippen molar-refractivity contribution in [1.82, 2.24) is 14.8 Å². The molecule has 0 aliphatic rings. The predicted molar refractivity (Wildman–Crippen MR) is 127 cm³/mol. The smallest absolute Gasteiger partial charge is 0.276 e. The van der Waals surface area contributed by atoms with Crippen LogP contribution in [0.4, 0.5) is 11.4 Å². The van der Waals surface area contributed by atoms with Gasteiger partial charge in [0.15, 0.2) is 12.4 Å². The maximum atomic E-state index is 12.7. The van der Waals surface area contributed by atoms with E-state index in [2.05, 4.69) is 31.3 Å². The molecule has 1 N–H and O–H groups in total. The second-order valence-electron chi connectivity index (χ2n) is 6.81. The number of pyridine rings is 1. The predicted octanol–water partition coefficient (Wildman–Crippen LogP) is 5.68. The van der Waals surface area contributed by atoms with E-state index in [-0.39, 0.29) is 29.5 Å². The quantitative estimate of drug-likeness (QED) is 0.224. The Morgan fingerprint density at radius 1 is 1.18 bits per heavy atom. The van der Waals surface area contributed by atoms with Crippen LogP contribution in [0.25, 0.3) is 0 Å². The summed E-state index contributed by atoms with van der Waals surface area (Å²) in [6, 6.07) is 13.9. The summed E-state index contributed by atoms with van der Waals surface area (Å²) in [5.74, 6) is 0.463. The van der Waals surface area contributed by atoms with Crippen LogP contribution in [0.1, 0.15) is 10.5 Å². The molecule has 4 rings (SSSR count). The number of carbonyl (C=O) groups excluding carboxylic acids is 1. The topological polar surface area (TPSA) is 121 Å². The van der Waals surface area contributed by atoms with Gasteiger partial charge < -0.3 is 14.8 Å². The fourth-order valence-electron chi connectivity index (χ4n) is 2.84. The fourth-order valence-corrected chi connectivity index (χ4v) is 3.57. The minimum absolute atomic E-state index is 0.0224. The third-order valence-electron chi connectivity index (χ3n) is 4.35. The van der Waals surface area contributed by atoms with Gasteiger partial charge in [0.05, 0.1) is 27.9 Å². The Bertz CT molecular complexity index is 1350. The molecule has 2 aromatic carbocycles. The molecule has 0 bridgehead atoms. The van der Waals surface area contributed by atoms with Gasteiger partial charge in [-0.15, -0.1) is 0 Å². The van der Waals surface area contributed by atoms with Gasteiger partial charge in [0.25, 0.3) is 11.6 Å². The fraction of sp³-hybridized carbons (Fsp3) is 0.0455. The molecule has 4 aromatic rings. The van der Waals surface area contributed by atoms with Gasteiger partial charge in [-0.3, -0.25) is 19.9 Å². The number of nitro benzene ring substituents is 1. The van der Waals surface area contributed by atoms with E-state index < -0.39 is 10.8 Å². The molecule has 0 atom stereocenters. The molecule has 2 aromatic heterocycles. The van der Waals surface area contributed by atoms with Crippen molar-refractivity contribution in [3.8, 4) is 17.2 Å². The zero-order valence-electron chi connectivity index (χ0n) is 17.2. The van der Waals surface area contributed by atoms with Gasteiger partial charge in [-0.1, -0.05) is 27.5 Å². The van der Waals surface area contributed by atoms with Crippen molar-refractivity contribution >= 4 is 44.8 Å². The van der Waals surface area contributed by atoms with Crippen molar-refractivity contribution in [3.05, 3.63) is 98.5 Å². The Balaban J connectivity index is 1.45. The highest BCUT2D eigenvalue weighted by Crippen LogP contribution is 2.30. The number of benzene rings is 2. The molecule has 0 unspecified atom stereocenters. The lowest BCUT2D eigenvalue weighted by atomic mass is 10.2. The summed E-state index contributed by atoms with van der Waals surface area (Å²) in [7, 11) is 0. The minimum Gasteiger partial charge on any atom is -0.470 e. The highest BCUT2D eigenvalue weighted by Gasteiger charge is 2.16. The van der Waals surface area contributed by atoms with Crippen molar-refractivity contribution in [2.45, 2.75) is 6.73 Å². The van der Waals surface area contributed by atoms with E-state index in [1.54, 1.807) is 42.7 Å². The number of nitrogens with one attached hydrogen (secondary N) is 1. The molecule has 10 nitrogen and oxygen atoms in total. The lowest BCUT2D eigenvalue weighted by Crippen LogP contribution is -2.14. The van der Waals surface area contributed by atoms with Crippen LogP contribution in [0.15, 0.2) is 77.7 Å². The van der Waals surface area contributed by atoms with Gasteiger partial charge in [0, 0.05) is 29.0 Å². The number of carbonyl (C=O) groups is 1. The number of anilines is 1. The number of hydrogen-bond acceptors (Lipinski definition) is 7. The molecule has 0 spiro atoms. The van der Waals surface area contributed by atoms with E-state index in [9.17, 15) is 14.9 Å². The number of ether oxygens (including phenoxy) is 2. The molecular formula is C22H15BrClN5O5. The van der Waals surface area contributed by atoms with Gasteiger partial charge in [-0.05, 0) is 36.4 Å². The molecule has 1 amide bonds. The Hall–Kier alpha value is -3.96. The van der Waals surface area contributed by atoms with Gasteiger partial charge in [-0.2, -0.15) is 5.10 Å². The van der Waals surface area contributed by atoms with E-state index in [0.717, 1.165) is 4.47 Å². The SMILES string of the molecule is O=C(Nc1cc(Oc2cccnc2)cc([N+](=O)[O-])c1)c1ccn(COc2ccc(Br)cc2Cl)n1. The molecule has 2 heterocycles. The molecule has 0 radical (unpaired) electrons. The summed E-state index contributed by atoms with van der Waals surface area (Å²) in [4.78, 5) is 27.4. The first kappa shape index (κ1) is 23.2. The first-order chi connectivity index (χ1) is 16.4. The Kier molecular flexibility index (Phi) is 7.04.